The number of anilines is 1. The second-order valence-corrected chi connectivity index (χ2v) is 8.91. The van der Waals surface area contributed by atoms with E-state index in [-0.39, 0.29) is 24.1 Å². The molecule has 182 valence electrons. The summed E-state index contributed by atoms with van der Waals surface area (Å²) in [6.45, 7) is 0.234. The highest BCUT2D eigenvalue weighted by atomic mass is 32.1. The molecule has 0 spiro atoms. The molecular formula is C26H18F3N3O3S. The number of fused-ring (bicyclic) bond motifs is 1. The number of rotatable bonds is 6. The number of hydrogen-bond acceptors (Lipinski definition) is 5. The van der Waals surface area contributed by atoms with Crippen molar-refractivity contribution in [2.75, 3.05) is 5.32 Å². The molecule has 1 aliphatic rings. The van der Waals surface area contributed by atoms with E-state index in [0.717, 1.165) is 5.56 Å². The normalized spacial score (nSPS) is 13.9. The Morgan fingerprint density at radius 3 is 2.42 bits per heavy atom. The summed E-state index contributed by atoms with van der Waals surface area (Å²) in [4.78, 5) is 32.4. The molecule has 3 aromatic carbocycles. The van der Waals surface area contributed by atoms with Gasteiger partial charge in [-0.25, -0.2) is 4.98 Å². The van der Waals surface area contributed by atoms with Crippen LogP contribution in [0.4, 0.5) is 18.3 Å². The third-order valence-corrected chi connectivity index (χ3v) is 6.39. The first-order valence-electron chi connectivity index (χ1n) is 10.8. The number of benzene rings is 3. The molecule has 0 fully saturated rings. The van der Waals surface area contributed by atoms with Crippen molar-refractivity contribution in [3.63, 3.8) is 0 Å². The molecular weight excluding hydrogens is 491 g/mol. The number of thiazole rings is 1. The van der Waals surface area contributed by atoms with Crippen LogP contribution < -0.4 is 10.1 Å². The van der Waals surface area contributed by atoms with Crippen LogP contribution >= 0.6 is 11.3 Å². The number of halogens is 3. The van der Waals surface area contributed by atoms with E-state index in [1.54, 1.807) is 54.0 Å². The molecule has 1 N–H and O–H groups in total. The molecule has 0 aliphatic carbocycles. The molecule has 0 saturated carbocycles. The van der Waals surface area contributed by atoms with Crippen molar-refractivity contribution in [2.45, 2.75) is 18.9 Å². The Labute approximate surface area is 208 Å². The van der Waals surface area contributed by atoms with Crippen LogP contribution in [-0.4, -0.2) is 28.1 Å². The van der Waals surface area contributed by atoms with Crippen LogP contribution in [0.15, 0.2) is 84.4 Å². The van der Waals surface area contributed by atoms with Gasteiger partial charge in [0.05, 0.1) is 0 Å². The first-order valence-corrected chi connectivity index (χ1v) is 11.7. The quantitative estimate of drug-likeness (QED) is 0.344. The number of nitrogens with zero attached hydrogens (tertiary/aromatic N) is 2. The van der Waals surface area contributed by atoms with Crippen LogP contribution in [0.3, 0.4) is 0 Å². The van der Waals surface area contributed by atoms with E-state index in [9.17, 15) is 22.8 Å². The van der Waals surface area contributed by atoms with Gasteiger partial charge in [0.1, 0.15) is 11.8 Å². The van der Waals surface area contributed by atoms with Crippen LogP contribution in [0.5, 0.6) is 5.75 Å². The Balaban J connectivity index is 1.42. The van der Waals surface area contributed by atoms with E-state index >= 15 is 0 Å². The van der Waals surface area contributed by atoms with Crippen LogP contribution in [-0.2, 0) is 11.3 Å². The maximum Gasteiger partial charge on any atom is 0.573 e. The summed E-state index contributed by atoms with van der Waals surface area (Å²) in [5.41, 5.74) is 3.13. The predicted octanol–water partition coefficient (Wildman–Crippen LogP) is 6.04. The Bertz CT molecular complexity index is 1390. The molecule has 2 amide bonds. The zero-order chi connectivity index (χ0) is 25.3. The minimum absolute atomic E-state index is 0.234. The van der Waals surface area contributed by atoms with Crippen LogP contribution in [0.25, 0.3) is 11.1 Å². The van der Waals surface area contributed by atoms with Gasteiger partial charge in [-0.3, -0.25) is 14.9 Å². The van der Waals surface area contributed by atoms with Gasteiger partial charge in [-0.15, -0.1) is 24.5 Å². The summed E-state index contributed by atoms with van der Waals surface area (Å²) in [6.07, 6.45) is -3.19. The smallest absolute Gasteiger partial charge is 0.406 e. The fraction of sp³-hybridized carbons (Fsp3) is 0.115. The van der Waals surface area contributed by atoms with Crippen molar-refractivity contribution in [3.05, 3.63) is 101 Å². The number of carbonyl (C=O) groups excluding carboxylic acids is 2. The molecule has 0 bridgehead atoms. The van der Waals surface area contributed by atoms with Gasteiger partial charge in [-0.2, -0.15) is 0 Å². The molecule has 2 heterocycles. The summed E-state index contributed by atoms with van der Waals surface area (Å²) in [7, 11) is 0. The number of ether oxygens (including phenoxy) is 1. The predicted molar refractivity (Wildman–Crippen MR) is 128 cm³/mol. The highest BCUT2D eigenvalue weighted by Gasteiger charge is 2.38. The van der Waals surface area contributed by atoms with Crippen LogP contribution in [0.1, 0.15) is 27.5 Å². The molecule has 1 aromatic heterocycles. The third-order valence-electron chi connectivity index (χ3n) is 5.70. The van der Waals surface area contributed by atoms with E-state index < -0.39 is 12.4 Å². The molecule has 0 saturated heterocycles. The number of aromatic nitrogens is 1. The minimum Gasteiger partial charge on any atom is -0.406 e. The molecule has 5 rings (SSSR count). The molecule has 1 unspecified atom stereocenters. The van der Waals surface area contributed by atoms with Crippen LogP contribution in [0, 0.1) is 0 Å². The molecule has 1 aliphatic heterocycles. The molecule has 10 heteroatoms. The van der Waals surface area contributed by atoms with Gasteiger partial charge in [0.15, 0.2) is 5.13 Å². The first-order chi connectivity index (χ1) is 17.3. The Kier molecular flexibility index (Phi) is 6.19. The number of nitrogens with one attached hydrogen (secondary N) is 1. The zero-order valence-electron chi connectivity index (χ0n) is 18.5. The number of amides is 2. The highest BCUT2D eigenvalue weighted by Crippen LogP contribution is 2.35. The molecule has 36 heavy (non-hydrogen) atoms. The van der Waals surface area contributed by atoms with Gasteiger partial charge in [-0.1, -0.05) is 54.6 Å². The Morgan fingerprint density at radius 1 is 1.03 bits per heavy atom. The zero-order valence-corrected chi connectivity index (χ0v) is 19.3. The van der Waals surface area contributed by atoms with Gasteiger partial charge in [0.25, 0.3) is 11.8 Å². The summed E-state index contributed by atoms with van der Waals surface area (Å²) >= 11 is 1.28. The van der Waals surface area contributed by atoms with Crippen molar-refractivity contribution in [1.82, 2.24) is 9.88 Å². The molecule has 4 aromatic rings. The highest BCUT2D eigenvalue weighted by molar-refractivity contribution is 7.13. The summed E-state index contributed by atoms with van der Waals surface area (Å²) in [5, 5.41) is 4.96. The van der Waals surface area contributed by atoms with E-state index in [2.05, 4.69) is 15.0 Å². The second kappa shape index (κ2) is 9.46. The van der Waals surface area contributed by atoms with E-state index in [0.29, 0.717) is 27.4 Å². The van der Waals surface area contributed by atoms with Crippen molar-refractivity contribution in [3.8, 4) is 16.9 Å². The summed E-state index contributed by atoms with van der Waals surface area (Å²) < 4.78 is 41.3. The van der Waals surface area contributed by atoms with Gasteiger partial charge in [-0.05, 0) is 40.5 Å². The van der Waals surface area contributed by atoms with Crippen molar-refractivity contribution < 1.29 is 27.5 Å². The lowest BCUT2D eigenvalue weighted by Crippen LogP contribution is -2.37. The number of hydrogen-bond donors (Lipinski definition) is 1. The number of carbonyl (C=O) groups is 2. The van der Waals surface area contributed by atoms with Crippen molar-refractivity contribution >= 4 is 28.3 Å². The minimum atomic E-state index is -4.77. The van der Waals surface area contributed by atoms with E-state index in [1.807, 2.05) is 6.07 Å². The third kappa shape index (κ3) is 4.94. The average molecular weight is 510 g/mol. The van der Waals surface area contributed by atoms with E-state index in [4.69, 9.17) is 0 Å². The average Bonchev–Trinajstić information content (AvgIpc) is 3.47. The number of alkyl halides is 3. The fourth-order valence-electron chi connectivity index (χ4n) is 4.13. The van der Waals surface area contributed by atoms with Crippen LogP contribution in [0.2, 0.25) is 0 Å². The van der Waals surface area contributed by atoms with Gasteiger partial charge < -0.3 is 9.64 Å². The maximum absolute atomic E-state index is 13.5. The topological polar surface area (TPSA) is 71.5 Å². The molecule has 0 radical (unpaired) electrons. The Hall–Kier alpha value is -4.18. The van der Waals surface area contributed by atoms with Gasteiger partial charge >= 0.3 is 6.36 Å². The molecule has 6 nitrogen and oxygen atoms in total. The largest absolute Gasteiger partial charge is 0.573 e. The standard InChI is InChI=1S/C26H18F3N3O3S/c27-26(28,29)35-20-10-8-16(9-11-20)18-6-7-19-15-32(24(34)21(19)14-18)22(17-4-2-1-3-5-17)23(33)31-25-30-12-13-36-25/h1-14,22H,15H2,(H,30,31,33). The Morgan fingerprint density at radius 2 is 1.75 bits per heavy atom. The lowest BCUT2D eigenvalue weighted by Gasteiger charge is -2.27. The lowest BCUT2D eigenvalue weighted by molar-refractivity contribution is -0.274. The summed E-state index contributed by atoms with van der Waals surface area (Å²) in [5.74, 6) is -1.02. The summed E-state index contributed by atoms with van der Waals surface area (Å²) in [6, 6.07) is 18.8. The van der Waals surface area contributed by atoms with Gasteiger partial charge in [0, 0.05) is 23.7 Å². The second-order valence-electron chi connectivity index (χ2n) is 8.02. The monoisotopic (exact) mass is 509 g/mol. The van der Waals surface area contributed by atoms with Gasteiger partial charge in [0.2, 0.25) is 0 Å². The van der Waals surface area contributed by atoms with Crippen molar-refractivity contribution in [2.24, 2.45) is 0 Å². The lowest BCUT2D eigenvalue weighted by atomic mass is 10.0. The van der Waals surface area contributed by atoms with E-state index in [1.165, 1.54) is 40.5 Å². The first kappa shape index (κ1) is 23.6. The SMILES string of the molecule is O=C(Nc1nccs1)C(c1ccccc1)N1Cc2ccc(-c3ccc(OC(F)(F)F)cc3)cc2C1=O. The fourth-order valence-corrected chi connectivity index (χ4v) is 4.66. The maximum atomic E-state index is 13.5. The van der Waals surface area contributed by atoms with Crippen molar-refractivity contribution in [1.29, 1.82) is 0 Å². The molecule has 1 atom stereocenters.